The standard InChI is InChI=1S/C18H23N5O2/c1-13-19-17(21-20-13)16-3-2-8-23(16)18(24)14-4-6-15(7-5-14)22-9-11-25-12-10-22/h4-7,16H,2-3,8-12H2,1H3,(H,19,20,21). The van der Waals surface area contributed by atoms with Crippen molar-refractivity contribution in [3.05, 3.63) is 41.5 Å². The highest BCUT2D eigenvalue weighted by molar-refractivity contribution is 5.95. The van der Waals surface area contributed by atoms with Crippen molar-refractivity contribution in [3.63, 3.8) is 0 Å². The molecule has 7 nitrogen and oxygen atoms in total. The number of carbonyl (C=O) groups excluding carboxylic acids is 1. The Hall–Kier alpha value is -2.41. The predicted octanol–water partition coefficient (Wildman–Crippen LogP) is 1.93. The number of benzene rings is 1. The highest BCUT2D eigenvalue weighted by Gasteiger charge is 2.33. The highest BCUT2D eigenvalue weighted by atomic mass is 16.5. The van der Waals surface area contributed by atoms with Gasteiger partial charge in [-0.3, -0.25) is 9.89 Å². The van der Waals surface area contributed by atoms with Gasteiger partial charge >= 0.3 is 0 Å². The maximum absolute atomic E-state index is 13.0. The van der Waals surface area contributed by atoms with Crippen LogP contribution in [0.4, 0.5) is 5.69 Å². The molecule has 2 aliphatic rings. The number of aryl methyl sites for hydroxylation is 1. The molecule has 1 aromatic carbocycles. The molecule has 0 spiro atoms. The summed E-state index contributed by atoms with van der Waals surface area (Å²) in [4.78, 5) is 21.5. The van der Waals surface area contributed by atoms with Gasteiger partial charge in [0.2, 0.25) is 0 Å². The van der Waals surface area contributed by atoms with Crippen LogP contribution in [0, 0.1) is 6.92 Å². The Morgan fingerprint density at radius 2 is 1.96 bits per heavy atom. The lowest BCUT2D eigenvalue weighted by molar-refractivity contribution is 0.0730. The number of nitrogens with one attached hydrogen (secondary N) is 1. The summed E-state index contributed by atoms with van der Waals surface area (Å²) in [5.41, 5.74) is 1.86. The molecule has 2 fully saturated rings. The molecule has 2 aliphatic heterocycles. The summed E-state index contributed by atoms with van der Waals surface area (Å²) >= 11 is 0. The van der Waals surface area contributed by atoms with Gasteiger partial charge in [0.15, 0.2) is 5.82 Å². The number of amides is 1. The van der Waals surface area contributed by atoms with Gasteiger partial charge in [-0.15, -0.1) is 0 Å². The summed E-state index contributed by atoms with van der Waals surface area (Å²) in [5, 5.41) is 7.12. The zero-order chi connectivity index (χ0) is 17.2. The molecule has 0 bridgehead atoms. The summed E-state index contributed by atoms with van der Waals surface area (Å²) < 4.78 is 5.39. The molecular weight excluding hydrogens is 318 g/mol. The minimum absolute atomic E-state index is 0.0311. The Balaban J connectivity index is 1.50. The number of nitrogens with zero attached hydrogens (tertiary/aromatic N) is 4. The Morgan fingerprint density at radius 3 is 2.64 bits per heavy atom. The Morgan fingerprint density at radius 1 is 1.20 bits per heavy atom. The molecule has 2 saturated heterocycles. The van der Waals surface area contributed by atoms with Gasteiger partial charge in [0, 0.05) is 30.9 Å². The van der Waals surface area contributed by atoms with Crippen LogP contribution in [-0.4, -0.2) is 58.8 Å². The number of morpholine rings is 1. The Labute approximate surface area is 147 Å². The zero-order valence-corrected chi connectivity index (χ0v) is 14.4. The van der Waals surface area contributed by atoms with E-state index in [2.05, 4.69) is 20.1 Å². The third-order valence-corrected chi connectivity index (χ3v) is 4.92. The Kier molecular flexibility index (Phi) is 4.40. The van der Waals surface area contributed by atoms with Gasteiger partial charge in [-0.2, -0.15) is 5.10 Å². The van der Waals surface area contributed by atoms with Crippen LogP contribution in [0.5, 0.6) is 0 Å². The second-order valence-corrected chi connectivity index (χ2v) is 6.58. The molecule has 1 atom stereocenters. The summed E-state index contributed by atoms with van der Waals surface area (Å²) in [7, 11) is 0. The van der Waals surface area contributed by atoms with Gasteiger partial charge in [-0.05, 0) is 44.0 Å². The van der Waals surface area contributed by atoms with Crippen molar-refractivity contribution in [2.75, 3.05) is 37.7 Å². The van der Waals surface area contributed by atoms with Crippen LogP contribution in [0.15, 0.2) is 24.3 Å². The van der Waals surface area contributed by atoms with E-state index in [0.29, 0.717) is 5.82 Å². The highest BCUT2D eigenvalue weighted by Crippen LogP contribution is 2.31. The van der Waals surface area contributed by atoms with Crippen LogP contribution in [0.3, 0.4) is 0 Å². The van der Waals surface area contributed by atoms with Crippen LogP contribution < -0.4 is 4.90 Å². The molecular formula is C18H23N5O2. The first kappa shape index (κ1) is 16.1. The van der Waals surface area contributed by atoms with Crippen LogP contribution in [-0.2, 0) is 4.74 Å². The molecule has 1 amide bonds. The Bertz CT molecular complexity index is 736. The first-order valence-corrected chi connectivity index (χ1v) is 8.85. The average Bonchev–Trinajstić information content (AvgIpc) is 3.31. The van der Waals surface area contributed by atoms with Crippen molar-refractivity contribution in [2.45, 2.75) is 25.8 Å². The molecule has 25 heavy (non-hydrogen) atoms. The van der Waals surface area contributed by atoms with E-state index in [4.69, 9.17) is 4.74 Å². The van der Waals surface area contributed by atoms with E-state index < -0.39 is 0 Å². The van der Waals surface area contributed by atoms with Crippen molar-refractivity contribution in [1.29, 1.82) is 0 Å². The normalized spacial score (nSPS) is 20.9. The van der Waals surface area contributed by atoms with E-state index in [1.807, 2.05) is 36.1 Å². The molecule has 7 heteroatoms. The number of likely N-dealkylation sites (tertiary alicyclic amines) is 1. The zero-order valence-electron chi connectivity index (χ0n) is 14.4. The van der Waals surface area contributed by atoms with Gasteiger partial charge in [-0.25, -0.2) is 4.98 Å². The molecule has 1 aromatic heterocycles. The van der Waals surface area contributed by atoms with E-state index in [1.165, 1.54) is 0 Å². The van der Waals surface area contributed by atoms with E-state index in [0.717, 1.165) is 62.8 Å². The molecule has 1 N–H and O–H groups in total. The smallest absolute Gasteiger partial charge is 0.254 e. The third-order valence-electron chi connectivity index (χ3n) is 4.92. The number of rotatable bonds is 3. The minimum atomic E-state index is -0.0311. The predicted molar refractivity (Wildman–Crippen MR) is 93.6 cm³/mol. The molecule has 0 aliphatic carbocycles. The molecule has 0 saturated carbocycles. The number of aromatic nitrogens is 3. The van der Waals surface area contributed by atoms with Crippen LogP contribution in [0.1, 0.15) is 40.9 Å². The topological polar surface area (TPSA) is 74.3 Å². The van der Waals surface area contributed by atoms with Gasteiger partial charge in [0.25, 0.3) is 5.91 Å². The molecule has 2 aromatic rings. The molecule has 3 heterocycles. The number of aromatic amines is 1. The first-order chi connectivity index (χ1) is 12.2. The van der Waals surface area contributed by atoms with Crippen molar-refractivity contribution in [3.8, 4) is 0 Å². The third kappa shape index (κ3) is 3.24. The van der Waals surface area contributed by atoms with Crippen LogP contribution in [0.2, 0.25) is 0 Å². The average molecular weight is 341 g/mol. The number of hydrogen-bond donors (Lipinski definition) is 1. The second-order valence-electron chi connectivity index (χ2n) is 6.58. The SMILES string of the molecule is Cc1nc(C2CCCN2C(=O)c2ccc(N3CCOCC3)cc2)n[nH]1. The summed E-state index contributed by atoms with van der Waals surface area (Å²) in [6.45, 7) is 5.93. The number of H-pyrrole nitrogens is 1. The van der Waals surface area contributed by atoms with E-state index in [-0.39, 0.29) is 11.9 Å². The van der Waals surface area contributed by atoms with Crippen LogP contribution in [0.25, 0.3) is 0 Å². The fourth-order valence-electron chi connectivity index (χ4n) is 3.59. The fourth-order valence-corrected chi connectivity index (χ4v) is 3.59. The number of carbonyl (C=O) groups is 1. The maximum atomic E-state index is 13.0. The largest absolute Gasteiger partial charge is 0.378 e. The van der Waals surface area contributed by atoms with Crippen LogP contribution >= 0.6 is 0 Å². The lowest BCUT2D eigenvalue weighted by Gasteiger charge is -2.29. The lowest BCUT2D eigenvalue weighted by Crippen LogP contribution is -2.36. The van der Waals surface area contributed by atoms with Gasteiger partial charge in [0.05, 0.1) is 19.3 Å². The van der Waals surface area contributed by atoms with E-state index in [1.54, 1.807) is 0 Å². The molecule has 0 radical (unpaired) electrons. The van der Waals surface area contributed by atoms with E-state index in [9.17, 15) is 4.79 Å². The lowest BCUT2D eigenvalue weighted by atomic mass is 10.1. The molecule has 132 valence electrons. The summed E-state index contributed by atoms with van der Waals surface area (Å²) in [6.07, 6.45) is 1.89. The van der Waals surface area contributed by atoms with Crippen molar-refractivity contribution >= 4 is 11.6 Å². The van der Waals surface area contributed by atoms with Crippen molar-refractivity contribution in [1.82, 2.24) is 20.1 Å². The minimum Gasteiger partial charge on any atom is -0.378 e. The monoisotopic (exact) mass is 341 g/mol. The number of ether oxygens (including phenoxy) is 1. The molecule has 4 rings (SSSR count). The second kappa shape index (κ2) is 6.84. The quantitative estimate of drug-likeness (QED) is 0.923. The van der Waals surface area contributed by atoms with Gasteiger partial charge < -0.3 is 14.5 Å². The van der Waals surface area contributed by atoms with Gasteiger partial charge in [-0.1, -0.05) is 0 Å². The maximum Gasteiger partial charge on any atom is 0.254 e. The fraction of sp³-hybridized carbons (Fsp3) is 0.500. The number of hydrogen-bond acceptors (Lipinski definition) is 5. The molecule has 1 unspecified atom stereocenters. The number of anilines is 1. The van der Waals surface area contributed by atoms with Gasteiger partial charge in [0.1, 0.15) is 5.82 Å². The first-order valence-electron chi connectivity index (χ1n) is 8.85. The van der Waals surface area contributed by atoms with Crippen molar-refractivity contribution in [2.24, 2.45) is 0 Å². The van der Waals surface area contributed by atoms with Crippen molar-refractivity contribution < 1.29 is 9.53 Å². The summed E-state index contributed by atoms with van der Waals surface area (Å²) in [5.74, 6) is 1.55. The summed E-state index contributed by atoms with van der Waals surface area (Å²) in [6, 6.07) is 7.87. The van der Waals surface area contributed by atoms with E-state index >= 15 is 0 Å².